The van der Waals surface area contributed by atoms with Gasteiger partial charge in [-0.25, -0.2) is 0 Å². The van der Waals surface area contributed by atoms with Crippen LogP contribution in [-0.4, -0.2) is 110 Å². The van der Waals surface area contributed by atoms with Crippen LogP contribution < -0.4 is 26.4 Å². The van der Waals surface area contributed by atoms with E-state index in [9.17, 15) is 30.6 Å². The Labute approximate surface area is 577 Å². The Morgan fingerprint density at radius 1 is 0.827 bits per heavy atom. The largest absolute Gasteiger partial charge is 0.504 e. The highest BCUT2D eigenvalue weighted by molar-refractivity contribution is 5.90. The van der Waals surface area contributed by atoms with E-state index in [-0.39, 0.29) is 149 Å². The molecule has 12 N–H and O–H groups in total. The highest BCUT2D eigenvalue weighted by Crippen LogP contribution is 2.74. The van der Waals surface area contributed by atoms with Gasteiger partial charge in [-0.3, -0.25) is 9.59 Å². The summed E-state index contributed by atoms with van der Waals surface area (Å²) in [5.41, 5.74) is 14.6. The summed E-state index contributed by atoms with van der Waals surface area (Å²) in [5.74, 6) is 15.4. The molecule has 1 aromatic heterocycles. The number of nitrogens with one attached hydrogen (secondary N) is 4. The number of allylic oxidation sites excluding steroid dienone is 2. The number of dihydropyridines is 1. The first-order valence-electron chi connectivity index (χ1n) is 37.5. The van der Waals surface area contributed by atoms with Crippen LogP contribution in [0.5, 0.6) is 11.5 Å². The van der Waals surface area contributed by atoms with Gasteiger partial charge in [0.15, 0.2) is 23.6 Å². The number of Topliss-reactive ketones (excluding diaryl/α,β-unsaturated/α-hetero) is 2. The third-order valence-corrected chi connectivity index (χ3v) is 27.9. The fraction of sp³-hybridized carbons (Fsp3) is 0.571. The molecule has 0 radical (unpaired) electrons. The van der Waals surface area contributed by atoms with E-state index in [0.29, 0.717) is 68.8 Å². The summed E-state index contributed by atoms with van der Waals surface area (Å²) in [6.07, 6.45) is 11.9. The maximum absolute atomic E-state index is 15.7. The predicted octanol–water partition coefficient (Wildman–Crippen LogP) is 11.1. The van der Waals surface area contributed by atoms with E-state index in [1.165, 1.54) is 35.1 Å². The molecule has 21 unspecified atom stereocenters. The summed E-state index contributed by atoms with van der Waals surface area (Å²) in [5, 5.41) is 86.4. The summed E-state index contributed by atoms with van der Waals surface area (Å²) >= 11 is 0. The van der Waals surface area contributed by atoms with Gasteiger partial charge in [-0.1, -0.05) is 117 Å². The van der Waals surface area contributed by atoms with Gasteiger partial charge < -0.3 is 62.0 Å². The second-order valence-electron chi connectivity index (χ2n) is 32.4. The van der Waals surface area contributed by atoms with Gasteiger partial charge in [0, 0.05) is 90.8 Å². The first-order valence-corrected chi connectivity index (χ1v) is 37.5. The number of aliphatic hydroxyl groups excluding tert-OH is 4. The number of hydrogen-bond donors (Lipinski definition) is 11. The lowest BCUT2D eigenvalue weighted by Gasteiger charge is -2.68. The Hall–Kier alpha value is -6.72. The molecule has 0 amide bonds. The Bertz CT molecular complexity index is 4090. The number of H-pyrrole nitrogens is 1. The summed E-state index contributed by atoms with van der Waals surface area (Å²) in [6.45, 7) is 5.78. The van der Waals surface area contributed by atoms with Crippen LogP contribution in [0.3, 0.4) is 0 Å². The molecule has 516 valence electrons. The van der Waals surface area contributed by atoms with Crippen LogP contribution in [0.2, 0.25) is 0 Å². The van der Waals surface area contributed by atoms with Gasteiger partial charge in [-0.15, -0.1) is 5.92 Å². The van der Waals surface area contributed by atoms with Crippen molar-refractivity contribution in [1.82, 2.24) is 20.9 Å². The molecule has 5 aromatic rings. The molecule has 1 saturated heterocycles. The number of ether oxygens (including phenoxy) is 1. The minimum Gasteiger partial charge on any atom is -0.504 e. The topological polar surface area (TPSA) is 243 Å². The van der Waals surface area contributed by atoms with E-state index in [1.54, 1.807) is 12.1 Å². The molecule has 17 rings (SSSR count). The van der Waals surface area contributed by atoms with Crippen molar-refractivity contribution in [3.63, 3.8) is 0 Å². The summed E-state index contributed by atoms with van der Waals surface area (Å²) < 4.78 is 5.68. The summed E-state index contributed by atoms with van der Waals surface area (Å²) in [6, 6.07) is 28.8. The molecule has 98 heavy (non-hydrogen) atoms. The van der Waals surface area contributed by atoms with Crippen LogP contribution in [-0.2, 0) is 22.4 Å². The zero-order valence-corrected chi connectivity index (χ0v) is 57.3. The van der Waals surface area contributed by atoms with Crippen molar-refractivity contribution in [1.29, 1.82) is 0 Å². The number of phenols is 1. The molecule has 4 aliphatic heterocycles. The number of aromatic amines is 1. The maximum Gasteiger partial charge on any atom is 0.160 e. The second-order valence-corrected chi connectivity index (χ2v) is 32.4. The van der Waals surface area contributed by atoms with Crippen molar-refractivity contribution in [2.24, 2.45) is 69.8 Å². The SMILES string of the molecule is CCC1=C(C(CC(O)C(O)CC2C#CC3(CCC(C4C5CNC6(C)CCCC6C#CCC6NC7CC(=O)C8C9c%10c(c[nH]c%10C5C(C6C4CCC(O)O)C79)C(Cc4ccccc4)C84CCCC4)CC3O)C(=O)CCc3cc(OC)c(O)cc32)c2ccc3ccccc3c2)C=C(N)NC1. The average Bonchev–Trinajstić information content (AvgIpc) is 1.23. The number of fused-ring (bicyclic) bond motifs is 6. The number of aryl methyl sites for hydroxylation is 1. The standard InChI is InChI=1S/C84H101N5O9/c1-4-47-43-86-71(85)41-58(47)57(50-22-21-48-16-8-9-17-49(48)35-50)40-65(91)64(90)36-52-27-32-84(69(94)25-23-51-37-68(98-3)66(92)39-56(51)52)33-28-53(38-70(84)95)73-55(24-26-72(96)97)74-62-20-12-18-54-19-13-29-82(54,2)88-45-60(73)76-78(74)77-63(89-62)42-67(93)80-79(77)75-59(44-87-81(75)76)61(83(80)30-10-11-31-83)34-46-14-6-5-7-15-46/h5-9,14-17,21-22,35,37,39,41,44,52-55,57,60-65,70,72-74,76-80,86-92,95-97H,4,10-11,13,19-20,23-26,28-31,33-34,36,38,40,42-43,45,85H2,1-3H3. The molecule has 14 heteroatoms. The molecule has 21 atom stereocenters. The molecule has 14 nitrogen and oxygen atoms in total. The van der Waals surface area contributed by atoms with Crippen LogP contribution in [0.15, 0.2) is 114 Å². The van der Waals surface area contributed by atoms with E-state index in [1.807, 2.05) is 18.2 Å². The molecule has 6 fully saturated rings. The lowest BCUT2D eigenvalue weighted by atomic mass is 9.37. The number of piperidine rings is 1. The number of phenolic OH excluding ortho intramolecular Hbond substituents is 1. The first kappa shape index (κ1) is 65.9. The van der Waals surface area contributed by atoms with Gasteiger partial charge in [0.25, 0.3) is 0 Å². The molecule has 5 heterocycles. The van der Waals surface area contributed by atoms with Crippen LogP contribution >= 0.6 is 0 Å². The summed E-state index contributed by atoms with van der Waals surface area (Å²) in [7, 11) is 1.50. The van der Waals surface area contributed by atoms with Crippen LogP contribution in [0.4, 0.5) is 0 Å². The molecular formula is C84H101N5O9. The minimum atomic E-state index is -1.51. The van der Waals surface area contributed by atoms with Gasteiger partial charge in [0.2, 0.25) is 0 Å². The average molecular weight is 1320 g/mol. The monoisotopic (exact) mass is 1320 g/mol. The van der Waals surface area contributed by atoms with Crippen molar-refractivity contribution >= 4 is 22.3 Å². The van der Waals surface area contributed by atoms with Crippen molar-refractivity contribution in [3.8, 4) is 35.2 Å². The lowest BCUT2D eigenvalue weighted by molar-refractivity contribution is -0.159. The fourth-order valence-electron chi connectivity index (χ4n) is 23.6. The first-order chi connectivity index (χ1) is 47.5. The van der Waals surface area contributed by atoms with Crippen molar-refractivity contribution in [2.45, 2.75) is 214 Å². The molecule has 2 spiro atoms. The number of methoxy groups -OCH3 is 1. The molecule has 8 aliphatic carbocycles. The second kappa shape index (κ2) is 26.0. The number of aromatic hydroxyl groups is 1. The Morgan fingerprint density at radius 3 is 2.42 bits per heavy atom. The number of rotatable bonds is 15. The number of aliphatic hydroxyl groups is 5. The molecule has 12 aliphatic rings. The van der Waals surface area contributed by atoms with Crippen molar-refractivity contribution in [2.75, 3.05) is 20.2 Å². The third-order valence-electron chi connectivity index (χ3n) is 27.9. The molecule has 4 aromatic carbocycles. The highest BCUT2D eigenvalue weighted by atomic mass is 16.5. The lowest BCUT2D eigenvalue weighted by Crippen LogP contribution is -2.71. The number of hydrogen-bond acceptors (Lipinski definition) is 13. The minimum absolute atomic E-state index is 0.0161. The van der Waals surface area contributed by atoms with Gasteiger partial charge >= 0.3 is 0 Å². The van der Waals surface area contributed by atoms with E-state index in [0.717, 1.165) is 85.3 Å². The summed E-state index contributed by atoms with van der Waals surface area (Å²) in [4.78, 5) is 35.5. The number of carbonyl (C=O) groups is 2. The number of aromatic nitrogens is 1. The zero-order valence-electron chi connectivity index (χ0n) is 57.3. The Kier molecular flexibility index (Phi) is 17.5. The Balaban J connectivity index is 0.778. The van der Waals surface area contributed by atoms with Crippen molar-refractivity contribution < 1.29 is 45.0 Å². The number of nitrogens with two attached hydrogens (primary N) is 1. The van der Waals surface area contributed by atoms with E-state index < -0.39 is 35.9 Å². The van der Waals surface area contributed by atoms with E-state index in [4.69, 9.17) is 10.5 Å². The van der Waals surface area contributed by atoms with Crippen LogP contribution in [0.25, 0.3) is 10.8 Å². The van der Waals surface area contributed by atoms with Gasteiger partial charge in [-0.2, -0.15) is 0 Å². The number of benzene rings is 4. The predicted molar refractivity (Wildman–Crippen MR) is 378 cm³/mol. The third kappa shape index (κ3) is 11.0. The van der Waals surface area contributed by atoms with Crippen molar-refractivity contribution in [3.05, 3.63) is 153 Å². The van der Waals surface area contributed by atoms with Crippen LogP contribution in [0, 0.1) is 87.8 Å². The van der Waals surface area contributed by atoms with Gasteiger partial charge in [-0.05, 0) is 230 Å². The van der Waals surface area contributed by atoms with E-state index >= 15 is 9.59 Å². The number of ketones is 2. The van der Waals surface area contributed by atoms with Gasteiger partial charge in [0.1, 0.15) is 11.2 Å². The van der Waals surface area contributed by atoms with Gasteiger partial charge in [0.05, 0.1) is 31.2 Å². The molecule has 4 bridgehead atoms. The Morgan fingerprint density at radius 2 is 1.63 bits per heavy atom. The zero-order chi connectivity index (χ0) is 67.5. The van der Waals surface area contributed by atoms with E-state index in [2.05, 4.69) is 125 Å². The smallest absolute Gasteiger partial charge is 0.160 e. The fourth-order valence-corrected chi connectivity index (χ4v) is 23.6. The molecular weight excluding hydrogens is 1220 g/mol. The quantitative estimate of drug-likeness (QED) is 0.0346. The number of carbonyl (C=O) groups excluding carboxylic acids is 2. The van der Waals surface area contributed by atoms with Crippen LogP contribution in [0.1, 0.15) is 198 Å². The highest BCUT2D eigenvalue weighted by Gasteiger charge is 2.71. The maximum atomic E-state index is 15.7. The normalized spacial score (nSPS) is 35.8. The molecule has 5 saturated carbocycles.